The summed E-state index contributed by atoms with van der Waals surface area (Å²) in [6.45, 7) is 6.52. The van der Waals surface area contributed by atoms with Gasteiger partial charge in [-0.05, 0) is 13.8 Å². The van der Waals surface area contributed by atoms with Gasteiger partial charge in [0, 0.05) is 34.2 Å². The molecule has 1 aromatic rings. The van der Waals surface area contributed by atoms with Gasteiger partial charge in [-0.2, -0.15) is 0 Å². The van der Waals surface area contributed by atoms with Crippen molar-refractivity contribution in [2.45, 2.75) is 26.5 Å². The minimum Gasteiger partial charge on any atom is -0.377 e. The molecule has 1 aromatic heterocycles. The molecule has 17 heavy (non-hydrogen) atoms. The molecule has 0 unspecified atom stereocenters. The molecule has 0 spiro atoms. The maximum absolute atomic E-state index is 5.46. The second kappa shape index (κ2) is 6.61. The molecular formula is C12H24N4O. The number of hydrogen-bond acceptors (Lipinski definition) is 4. The number of imidazole rings is 1. The van der Waals surface area contributed by atoms with E-state index in [9.17, 15) is 0 Å². The number of nitrogens with zero attached hydrogens (tertiary/aromatic N) is 3. The highest BCUT2D eigenvalue weighted by Crippen LogP contribution is 2.10. The van der Waals surface area contributed by atoms with Crippen molar-refractivity contribution < 1.29 is 4.74 Å². The Morgan fingerprint density at radius 1 is 1.47 bits per heavy atom. The fourth-order valence-electron chi connectivity index (χ4n) is 1.60. The largest absolute Gasteiger partial charge is 0.377 e. The molecule has 98 valence electrons. The Kier molecular flexibility index (Phi) is 5.44. The summed E-state index contributed by atoms with van der Waals surface area (Å²) in [5, 5.41) is 3.35. The van der Waals surface area contributed by atoms with E-state index in [1.807, 2.05) is 46.1 Å². The molecule has 1 N–H and O–H groups in total. The van der Waals surface area contributed by atoms with Gasteiger partial charge in [0.05, 0.1) is 24.6 Å². The first-order valence-electron chi connectivity index (χ1n) is 6.02. The molecule has 0 aromatic carbocycles. The van der Waals surface area contributed by atoms with Crippen LogP contribution in [0.15, 0.2) is 6.20 Å². The van der Waals surface area contributed by atoms with Crippen LogP contribution in [0.5, 0.6) is 0 Å². The monoisotopic (exact) mass is 240 g/mol. The van der Waals surface area contributed by atoms with Crippen molar-refractivity contribution >= 4 is 5.95 Å². The Morgan fingerprint density at radius 2 is 2.18 bits per heavy atom. The third-order valence-corrected chi connectivity index (χ3v) is 2.50. The summed E-state index contributed by atoms with van der Waals surface area (Å²) in [5.41, 5.74) is 1.18. The Bertz CT molecular complexity index is 333. The highest BCUT2D eigenvalue weighted by Gasteiger charge is 2.07. The summed E-state index contributed by atoms with van der Waals surface area (Å²) >= 11 is 0. The van der Waals surface area contributed by atoms with Gasteiger partial charge >= 0.3 is 0 Å². The third-order valence-electron chi connectivity index (χ3n) is 2.50. The Balaban J connectivity index is 2.32. The fraction of sp³-hybridized carbons (Fsp3) is 0.750. The van der Waals surface area contributed by atoms with Gasteiger partial charge in [-0.3, -0.25) is 0 Å². The van der Waals surface area contributed by atoms with Crippen molar-refractivity contribution in [1.29, 1.82) is 0 Å². The van der Waals surface area contributed by atoms with Crippen LogP contribution in [0, 0.1) is 0 Å². The van der Waals surface area contributed by atoms with Crippen LogP contribution in [0.25, 0.3) is 0 Å². The third kappa shape index (κ3) is 4.36. The van der Waals surface area contributed by atoms with Crippen molar-refractivity contribution in [3.8, 4) is 0 Å². The minimum atomic E-state index is 0.300. The Morgan fingerprint density at radius 3 is 2.71 bits per heavy atom. The molecule has 0 amide bonds. The molecule has 1 rings (SSSR count). The van der Waals surface area contributed by atoms with Crippen molar-refractivity contribution in [2.75, 3.05) is 32.1 Å². The van der Waals surface area contributed by atoms with Gasteiger partial charge in [0.2, 0.25) is 5.95 Å². The van der Waals surface area contributed by atoms with Gasteiger partial charge in [0.1, 0.15) is 0 Å². The van der Waals surface area contributed by atoms with Crippen molar-refractivity contribution in [2.24, 2.45) is 7.05 Å². The predicted octanol–water partition coefficient (Wildman–Crippen LogP) is 1.00. The summed E-state index contributed by atoms with van der Waals surface area (Å²) < 4.78 is 7.55. The first-order chi connectivity index (χ1) is 8.02. The van der Waals surface area contributed by atoms with Crippen LogP contribution in [0.2, 0.25) is 0 Å². The first kappa shape index (κ1) is 14.0. The van der Waals surface area contributed by atoms with Crippen molar-refractivity contribution in [3.05, 3.63) is 11.9 Å². The molecule has 0 atom stereocenters. The zero-order valence-corrected chi connectivity index (χ0v) is 11.5. The van der Waals surface area contributed by atoms with E-state index in [0.29, 0.717) is 6.10 Å². The lowest BCUT2D eigenvalue weighted by atomic mass is 10.4. The highest BCUT2D eigenvalue weighted by atomic mass is 16.5. The number of anilines is 1. The van der Waals surface area contributed by atoms with Gasteiger partial charge in [-0.1, -0.05) is 0 Å². The number of nitrogens with one attached hydrogen (secondary N) is 1. The normalized spacial score (nSPS) is 11.2. The molecule has 0 bridgehead atoms. The molecular weight excluding hydrogens is 216 g/mol. The Hall–Kier alpha value is -1.07. The summed E-state index contributed by atoms with van der Waals surface area (Å²) in [5.74, 6) is 0.972. The van der Waals surface area contributed by atoms with Crippen molar-refractivity contribution in [3.63, 3.8) is 0 Å². The topological polar surface area (TPSA) is 42.3 Å². The SMILES string of the molecule is CC(C)OCCNCc1cnc(N(C)C)n1C. The van der Waals surface area contributed by atoms with Crippen LogP contribution < -0.4 is 10.2 Å². The van der Waals surface area contributed by atoms with Crippen LogP contribution in [0.1, 0.15) is 19.5 Å². The number of ether oxygens (including phenoxy) is 1. The number of hydrogen-bond donors (Lipinski definition) is 1. The van der Waals surface area contributed by atoms with Crippen LogP contribution in [-0.2, 0) is 18.3 Å². The Labute approximate surface area is 104 Å². The fourth-order valence-corrected chi connectivity index (χ4v) is 1.60. The minimum absolute atomic E-state index is 0.300. The molecule has 0 aliphatic rings. The van der Waals surface area contributed by atoms with Crippen molar-refractivity contribution in [1.82, 2.24) is 14.9 Å². The zero-order valence-electron chi connectivity index (χ0n) is 11.5. The maximum Gasteiger partial charge on any atom is 0.204 e. The molecule has 0 aliphatic carbocycles. The lowest BCUT2D eigenvalue weighted by molar-refractivity contribution is 0.0806. The second-order valence-corrected chi connectivity index (χ2v) is 4.60. The van der Waals surface area contributed by atoms with Crippen LogP contribution in [-0.4, -0.2) is 42.9 Å². The zero-order chi connectivity index (χ0) is 12.8. The van der Waals surface area contributed by atoms with E-state index >= 15 is 0 Å². The smallest absolute Gasteiger partial charge is 0.204 e. The van der Waals surface area contributed by atoms with Crippen LogP contribution in [0.3, 0.4) is 0 Å². The maximum atomic E-state index is 5.46. The van der Waals surface area contributed by atoms with E-state index in [1.54, 1.807) is 0 Å². The first-order valence-corrected chi connectivity index (χ1v) is 6.02. The molecule has 0 aliphatic heterocycles. The van der Waals surface area contributed by atoms with E-state index in [1.165, 1.54) is 5.69 Å². The predicted molar refractivity (Wildman–Crippen MR) is 70.3 cm³/mol. The quantitative estimate of drug-likeness (QED) is 0.722. The van der Waals surface area contributed by atoms with Gasteiger partial charge in [0.25, 0.3) is 0 Å². The average Bonchev–Trinajstić information content (AvgIpc) is 2.59. The van der Waals surface area contributed by atoms with E-state index in [2.05, 4.69) is 14.9 Å². The molecule has 0 saturated carbocycles. The molecule has 5 nitrogen and oxygen atoms in total. The van der Waals surface area contributed by atoms with Gasteiger partial charge in [-0.25, -0.2) is 4.98 Å². The lowest BCUT2D eigenvalue weighted by Crippen LogP contribution is -2.22. The lowest BCUT2D eigenvalue weighted by Gasteiger charge is -2.13. The van der Waals surface area contributed by atoms with Gasteiger partial charge in [0.15, 0.2) is 0 Å². The van der Waals surface area contributed by atoms with E-state index in [-0.39, 0.29) is 0 Å². The number of aromatic nitrogens is 2. The highest BCUT2D eigenvalue weighted by molar-refractivity contribution is 5.30. The second-order valence-electron chi connectivity index (χ2n) is 4.60. The average molecular weight is 240 g/mol. The van der Waals surface area contributed by atoms with E-state index in [0.717, 1.165) is 25.6 Å². The van der Waals surface area contributed by atoms with E-state index < -0.39 is 0 Å². The van der Waals surface area contributed by atoms with Gasteiger partial charge < -0.3 is 19.5 Å². The van der Waals surface area contributed by atoms with Gasteiger partial charge in [-0.15, -0.1) is 0 Å². The molecule has 0 fully saturated rings. The molecule has 5 heteroatoms. The molecule has 1 heterocycles. The summed E-state index contributed by atoms with van der Waals surface area (Å²) in [6.07, 6.45) is 2.21. The summed E-state index contributed by atoms with van der Waals surface area (Å²) in [6, 6.07) is 0. The standard InChI is InChI=1S/C12H24N4O/c1-10(2)17-7-6-13-8-11-9-14-12(15(3)4)16(11)5/h9-10,13H,6-8H2,1-5H3. The summed E-state index contributed by atoms with van der Waals surface area (Å²) in [7, 11) is 6.02. The van der Waals surface area contributed by atoms with Crippen LogP contribution >= 0.6 is 0 Å². The van der Waals surface area contributed by atoms with E-state index in [4.69, 9.17) is 4.74 Å². The summed E-state index contributed by atoms with van der Waals surface area (Å²) in [4.78, 5) is 6.37. The molecule has 0 radical (unpaired) electrons. The number of rotatable bonds is 7. The van der Waals surface area contributed by atoms with Crippen LogP contribution in [0.4, 0.5) is 5.95 Å². The molecule has 0 saturated heterocycles.